The van der Waals surface area contributed by atoms with Crippen LogP contribution in [0.15, 0.2) is 0 Å². The van der Waals surface area contributed by atoms with E-state index in [1.54, 1.807) is 0 Å². The molecule has 0 aliphatic carbocycles. The van der Waals surface area contributed by atoms with Crippen molar-refractivity contribution in [1.29, 1.82) is 0 Å². The van der Waals surface area contributed by atoms with E-state index in [9.17, 15) is 16.8 Å². The van der Waals surface area contributed by atoms with E-state index in [4.69, 9.17) is 0 Å². The molecule has 0 saturated carbocycles. The SMILES string of the molecule is CS(=O)(=O)CCOS(N)(=O)=O. The smallest absolute Gasteiger partial charge is 0.257 e. The van der Waals surface area contributed by atoms with Gasteiger partial charge in [0.15, 0.2) is 0 Å². The highest BCUT2D eigenvalue weighted by atomic mass is 32.2. The van der Waals surface area contributed by atoms with Gasteiger partial charge >= 0.3 is 10.3 Å². The minimum atomic E-state index is -4.01. The van der Waals surface area contributed by atoms with Crippen LogP contribution < -0.4 is 5.14 Å². The second-order valence-electron chi connectivity index (χ2n) is 1.94. The summed E-state index contributed by atoms with van der Waals surface area (Å²) in [6, 6.07) is 0. The maximum Gasteiger partial charge on any atom is 0.333 e. The molecule has 8 heteroatoms. The van der Waals surface area contributed by atoms with Gasteiger partial charge in [0.25, 0.3) is 0 Å². The monoisotopic (exact) mass is 203 g/mol. The van der Waals surface area contributed by atoms with Gasteiger partial charge in [0.05, 0.1) is 12.4 Å². The zero-order valence-corrected chi connectivity index (χ0v) is 7.48. The van der Waals surface area contributed by atoms with Gasteiger partial charge in [-0.25, -0.2) is 13.6 Å². The summed E-state index contributed by atoms with van der Waals surface area (Å²) in [5, 5.41) is 4.42. The molecule has 6 nitrogen and oxygen atoms in total. The van der Waals surface area contributed by atoms with E-state index in [1.165, 1.54) is 0 Å². The number of sulfone groups is 1. The fourth-order valence-corrected chi connectivity index (χ4v) is 1.11. The first kappa shape index (κ1) is 10.8. The molecule has 0 radical (unpaired) electrons. The molecule has 0 unspecified atom stereocenters. The Bertz CT molecular complexity index is 269. The molecular weight excluding hydrogens is 194 g/mol. The maximum absolute atomic E-state index is 10.4. The Kier molecular flexibility index (Phi) is 3.42. The predicted octanol–water partition coefficient (Wildman–Crippen LogP) is -1.75. The first-order chi connectivity index (χ1) is 4.71. The van der Waals surface area contributed by atoms with Crippen LogP contribution in [0.3, 0.4) is 0 Å². The quantitative estimate of drug-likeness (QED) is 0.583. The van der Waals surface area contributed by atoms with Gasteiger partial charge in [-0.05, 0) is 0 Å². The van der Waals surface area contributed by atoms with Crippen LogP contribution in [0.25, 0.3) is 0 Å². The summed E-state index contributed by atoms with van der Waals surface area (Å²) >= 11 is 0. The number of hydrogen-bond donors (Lipinski definition) is 1. The topological polar surface area (TPSA) is 104 Å². The highest BCUT2D eigenvalue weighted by Gasteiger charge is 2.06. The lowest BCUT2D eigenvalue weighted by atomic mass is 10.9. The molecule has 0 atom stereocenters. The molecule has 0 rings (SSSR count). The van der Waals surface area contributed by atoms with Gasteiger partial charge in [-0.3, -0.25) is 4.18 Å². The Morgan fingerprint density at radius 3 is 2.00 bits per heavy atom. The molecule has 2 N–H and O–H groups in total. The lowest BCUT2D eigenvalue weighted by molar-refractivity contribution is 0.339. The minimum Gasteiger partial charge on any atom is -0.257 e. The van der Waals surface area contributed by atoms with E-state index < -0.39 is 26.7 Å². The van der Waals surface area contributed by atoms with Crippen LogP contribution >= 0.6 is 0 Å². The number of nitrogens with two attached hydrogens (primary N) is 1. The third kappa shape index (κ3) is 9.82. The van der Waals surface area contributed by atoms with Gasteiger partial charge in [-0.15, -0.1) is 0 Å². The summed E-state index contributed by atoms with van der Waals surface area (Å²) in [5.74, 6) is -0.358. The normalized spacial score (nSPS) is 13.3. The lowest BCUT2D eigenvalue weighted by Gasteiger charge is -1.97. The molecule has 0 amide bonds. The zero-order chi connectivity index (χ0) is 9.12. The molecule has 0 aromatic rings. The van der Waals surface area contributed by atoms with E-state index >= 15 is 0 Å². The predicted molar refractivity (Wildman–Crippen MR) is 38.8 cm³/mol. The minimum absolute atomic E-state index is 0.358. The molecule has 0 saturated heterocycles. The molecule has 0 aliphatic rings. The summed E-state index contributed by atoms with van der Waals surface area (Å²) in [4.78, 5) is 0. The first-order valence-corrected chi connectivity index (χ1v) is 6.09. The third-order valence-electron chi connectivity index (χ3n) is 0.702. The second-order valence-corrected chi connectivity index (χ2v) is 5.43. The van der Waals surface area contributed by atoms with Crippen molar-refractivity contribution in [1.82, 2.24) is 0 Å². The average Bonchev–Trinajstić information content (AvgIpc) is 1.55. The standard InChI is InChI=1S/C3H9NO5S2/c1-10(5,6)3-2-9-11(4,7)8/h2-3H2,1H3,(H2,4,7,8). The molecule has 68 valence electrons. The Morgan fingerprint density at radius 1 is 1.27 bits per heavy atom. The first-order valence-electron chi connectivity index (χ1n) is 2.55. The van der Waals surface area contributed by atoms with Gasteiger partial charge in [0.1, 0.15) is 9.84 Å². The molecule has 11 heavy (non-hydrogen) atoms. The molecule has 0 aromatic heterocycles. The van der Waals surface area contributed by atoms with E-state index in [1.807, 2.05) is 0 Å². The largest absolute Gasteiger partial charge is 0.333 e. The van der Waals surface area contributed by atoms with E-state index in [-0.39, 0.29) is 5.75 Å². The van der Waals surface area contributed by atoms with Gasteiger partial charge < -0.3 is 0 Å². The van der Waals surface area contributed by atoms with Crippen molar-refractivity contribution in [2.45, 2.75) is 0 Å². The summed E-state index contributed by atoms with van der Waals surface area (Å²) in [7, 11) is -7.20. The fourth-order valence-electron chi connectivity index (χ4n) is 0.302. The van der Waals surface area contributed by atoms with Crippen molar-refractivity contribution in [3.05, 3.63) is 0 Å². The summed E-state index contributed by atoms with van der Waals surface area (Å²) in [6.45, 7) is -0.433. The van der Waals surface area contributed by atoms with Crippen LogP contribution in [0.4, 0.5) is 0 Å². The summed E-state index contributed by atoms with van der Waals surface area (Å²) in [5.41, 5.74) is 0. The van der Waals surface area contributed by atoms with Crippen molar-refractivity contribution in [3.8, 4) is 0 Å². The Balaban J connectivity index is 3.79. The highest BCUT2D eigenvalue weighted by molar-refractivity contribution is 7.90. The van der Waals surface area contributed by atoms with Crippen molar-refractivity contribution in [2.24, 2.45) is 5.14 Å². The van der Waals surface area contributed by atoms with Crippen LogP contribution in [0, 0.1) is 0 Å². The Labute approximate surface area is 65.5 Å². The molecule has 0 fully saturated rings. The van der Waals surface area contributed by atoms with Gasteiger partial charge in [0, 0.05) is 6.26 Å². The van der Waals surface area contributed by atoms with Crippen molar-refractivity contribution in [3.63, 3.8) is 0 Å². The highest BCUT2D eigenvalue weighted by Crippen LogP contribution is 1.86. The van der Waals surface area contributed by atoms with Gasteiger partial charge in [0.2, 0.25) is 0 Å². The second kappa shape index (κ2) is 3.48. The third-order valence-corrected chi connectivity index (χ3v) is 2.11. The number of hydrogen-bond acceptors (Lipinski definition) is 5. The molecule has 0 bridgehead atoms. The van der Waals surface area contributed by atoms with Crippen LogP contribution in [0.1, 0.15) is 0 Å². The van der Waals surface area contributed by atoms with Crippen LogP contribution in [-0.2, 0) is 24.3 Å². The van der Waals surface area contributed by atoms with Crippen LogP contribution in [-0.4, -0.2) is 35.5 Å². The average molecular weight is 203 g/mol. The van der Waals surface area contributed by atoms with E-state index in [0.717, 1.165) is 6.26 Å². The van der Waals surface area contributed by atoms with E-state index in [0.29, 0.717) is 0 Å². The fraction of sp³-hybridized carbons (Fsp3) is 1.00. The number of rotatable bonds is 4. The van der Waals surface area contributed by atoms with Crippen molar-refractivity contribution < 1.29 is 21.0 Å². The van der Waals surface area contributed by atoms with Crippen molar-refractivity contribution >= 4 is 20.1 Å². The van der Waals surface area contributed by atoms with Crippen molar-refractivity contribution in [2.75, 3.05) is 18.6 Å². The summed E-state index contributed by atoms with van der Waals surface area (Å²) in [6.07, 6.45) is 0.972. The Hall–Kier alpha value is -0.180. The Morgan fingerprint density at radius 2 is 1.73 bits per heavy atom. The zero-order valence-electron chi connectivity index (χ0n) is 5.85. The van der Waals surface area contributed by atoms with Gasteiger partial charge in [-0.1, -0.05) is 0 Å². The molecular formula is C3H9NO5S2. The molecule has 0 spiro atoms. The molecule has 0 heterocycles. The lowest BCUT2D eigenvalue weighted by Crippen LogP contribution is -2.20. The summed E-state index contributed by atoms with van der Waals surface area (Å²) < 4.78 is 44.9. The van der Waals surface area contributed by atoms with Crippen LogP contribution in [0.2, 0.25) is 0 Å². The molecule has 0 aromatic carbocycles. The molecule has 0 aliphatic heterocycles. The van der Waals surface area contributed by atoms with Gasteiger partial charge in [-0.2, -0.15) is 8.42 Å². The maximum atomic E-state index is 10.4. The van der Waals surface area contributed by atoms with Crippen LogP contribution in [0.5, 0.6) is 0 Å². The van der Waals surface area contributed by atoms with E-state index in [2.05, 4.69) is 9.32 Å².